The second kappa shape index (κ2) is 6.94. The van der Waals surface area contributed by atoms with Gasteiger partial charge in [0, 0.05) is 5.92 Å². The molecule has 0 saturated carbocycles. The van der Waals surface area contributed by atoms with Gasteiger partial charge < -0.3 is 4.18 Å². The molecule has 1 aromatic carbocycles. The minimum absolute atomic E-state index is 0.0389. The van der Waals surface area contributed by atoms with E-state index in [1.54, 1.807) is 19.1 Å². The summed E-state index contributed by atoms with van der Waals surface area (Å²) in [5, 5.41) is 0. The molecule has 0 aliphatic heterocycles. The van der Waals surface area contributed by atoms with E-state index >= 15 is 0 Å². The van der Waals surface area contributed by atoms with Gasteiger partial charge in [0.15, 0.2) is 0 Å². The van der Waals surface area contributed by atoms with Gasteiger partial charge in [-0.15, -0.1) is 0 Å². The predicted octanol–water partition coefficient (Wildman–Crippen LogP) is 3.86. The minimum Gasteiger partial charge on any atom is -0.362 e. The van der Waals surface area contributed by atoms with Gasteiger partial charge in [-0.3, -0.25) is 0 Å². The molecule has 0 heterocycles. The Labute approximate surface area is 132 Å². The zero-order chi connectivity index (χ0) is 16.2. The molecule has 0 spiro atoms. The molecule has 0 radical (unpaired) electrons. The van der Waals surface area contributed by atoms with E-state index in [0.29, 0.717) is 0 Å². The maximum atomic E-state index is 11.6. The van der Waals surface area contributed by atoms with E-state index in [9.17, 15) is 8.42 Å². The normalized spacial score (nSPS) is 18.0. The van der Waals surface area contributed by atoms with Crippen LogP contribution in [0.2, 0.25) is 0 Å². The summed E-state index contributed by atoms with van der Waals surface area (Å²) in [5.41, 5.74) is 3.39. The van der Waals surface area contributed by atoms with Crippen molar-refractivity contribution in [3.63, 3.8) is 0 Å². The van der Waals surface area contributed by atoms with Crippen molar-refractivity contribution in [3.05, 3.63) is 71.0 Å². The van der Waals surface area contributed by atoms with Gasteiger partial charge in [-0.05, 0) is 44.1 Å². The van der Waals surface area contributed by atoms with Crippen LogP contribution in [0.1, 0.15) is 32.3 Å². The van der Waals surface area contributed by atoms with Crippen LogP contribution in [0.25, 0.3) is 0 Å². The van der Waals surface area contributed by atoms with Crippen molar-refractivity contribution in [2.45, 2.75) is 26.7 Å². The smallest absolute Gasteiger partial charge is 0.362 e. The Bertz CT molecular complexity index is 708. The molecule has 118 valence electrons. The van der Waals surface area contributed by atoms with Crippen LogP contribution in [0.5, 0.6) is 0 Å². The molecule has 1 unspecified atom stereocenters. The molecule has 22 heavy (non-hydrogen) atoms. The van der Waals surface area contributed by atoms with Gasteiger partial charge in [-0.2, -0.15) is 8.42 Å². The van der Waals surface area contributed by atoms with Crippen molar-refractivity contribution in [2.75, 3.05) is 6.61 Å². The van der Waals surface area contributed by atoms with Crippen LogP contribution >= 0.6 is 0 Å². The summed E-state index contributed by atoms with van der Waals surface area (Å²) in [5.74, 6) is 0.232. The summed E-state index contributed by atoms with van der Waals surface area (Å²) in [4.78, 5) is 0. The first-order chi connectivity index (χ1) is 10.4. The number of hydrogen-bond donors (Lipinski definition) is 0. The summed E-state index contributed by atoms with van der Waals surface area (Å²) >= 11 is 0. The van der Waals surface area contributed by atoms with Crippen molar-refractivity contribution in [3.8, 4) is 0 Å². The Kier molecular flexibility index (Phi) is 5.21. The second-order valence-corrected chi connectivity index (χ2v) is 6.36. The first-order valence-corrected chi connectivity index (χ1v) is 8.47. The summed E-state index contributed by atoms with van der Waals surface area (Å²) in [7, 11) is -4.01. The average Bonchev–Trinajstić information content (AvgIpc) is 2.47. The Balaban J connectivity index is 2.36. The molecular weight excluding hydrogens is 300 g/mol. The van der Waals surface area contributed by atoms with Gasteiger partial charge in [0.1, 0.15) is 5.76 Å². The molecule has 0 bridgehead atoms. The van der Waals surface area contributed by atoms with E-state index in [1.165, 1.54) is 5.57 Å². The fraction of sp³-hybridized carbons (Fsp3) is 0.294. The number of hydrogen-bond acceptors (Lipinski definition) is 4. The highest BCUT2D eigenvalue weighted by atomic mass is 32.3. The summed E-state index contributed by atoms with van der Waals surface area (Å²) in [6.07, 6.45) is 5.34. The number of benzene rings is 1. The molecule has 2 rings (SSSR count). The first-order valence-electron chi connectivity index (χ1n) is 7.14. The molecule has 0 fully saturated rings. The van der Waals surface area contributed by atoms with Crippen molar-refractivity contribution in [1.82, 2.24) is 0 Å². The molecule has 5 heteroatoms. The standard InChI is InChI=1S/C17H20O4S/c1-4-20-22(18,19)21-15-10-11-16(13(2)3)17(12-15)14-8-6-5-7-9-14/h5-12,17H,4H2,1-3H3. The SMILES string of the molecule is CCOS(=O)(=O)OC1=CC(c2ccccc2)C(=C(C)C)C=C1. The molecule has 0 amide bonds. The van der Waals surface area contributed by atoms with Crippen molar-refractivity contribution >= 4 is 10.4 Å². The van der Waals surface area contributed by atoms with E-state index in [-0.39, 0.29) is 18.3 Å². The van der Waals surface area contributed by atoms with E-state index in [4.69, 9.17) is 4.18 Å². The molecular formula is C17H20O4S. The van der Waals surface area contributed by atoms with Crippen molar-refractivity contribution in [1.29, 1.82) is 0 Å². The molecule has 1 aliphatic rings. The third kappa shape index (κ3) is 4.08. The molecule has 1 aromatic rings. The Morgan fingerprint density at radius 1 is 1.14 bits per heavy atom. The lowest BCUT2D eigenvalue weighted by molar-refractivity contribution is 0.263. The van der Waals surface area contributed by atoms with Gasteiger partial charge in [0.05, 0.1) is 6.61 Å². The largest absolute Gasteiger partial charge is 0.449 e. The van der Waals surface area contributed by atoms with Crippen molar-refractivity contribution in [2.24, 2.45) is 0 Å². The highest BCUT2D eigenvalue weighted by molar-refractivity contribution is 7.82. The summed E-state index contributed by atoms with van der Waals surface area (Å²) < 4.78 is 32.9. The predicted molar refractivity (Wildman–Crippen MR) is 86.4 cm³/mol. The number of rotatable bonds is 5. The molecule has 0 saturated heterocycles. The van der Waals surface area contributed by atoms with Crippen LogP contribution in [0.4, 0.5) is 0 Å². The van der Waals surface area contributed by atoms with Crippen LogP contribution in [0.15, 0.2) is 65.5 Å². The fourth-order valence-corrected chi connectivity index (χ4v) is 3.02. The third-order valence-electron chi connectivity index (χ3n) is 3.29. The van der Waals surface area contributed by atoms with Gasteiger partial charge in [0.25, 0.3) is 0 Å². The molecule has 4 nitrogen and oxygen atoms in total. The zero-order valence-electron chi connectivity index (χ0n) is 12.9. The average molecular weight is 320 g/mol. The van der Waals surface area contributed by atoms with Crippen LogP contribution in [-0.2, 0) is 18.8 Å². The lowest BCUT2D eigenvalue weighted by Gasteiger charge is -2.21. The lowest BCUT2D eigenvalue weighted by atomic mass is 9.85. The Morgan fingerprint density at radius 3 is 2.41 bits per heavy atom. The lowest BCUT2D eigenvalue weighted by Crippen LogP contribution is -2.12. The van der Waals surface area contributed by atoms with E-state index < -0.39 is 10.4 Å². The monoisotopic (exact) mass is 320 g/mol. The summed E-state index contributed by atoms with van der Waals surface area (Å²) in [6, 6.07) is 9.89. The maximum Gasteiger partial charge on any atom is 0.449 e. The third-order valence-corrected chi connectivity index (χ3v) is 4.21. The van der Waals surface area contributed by atoms with Crippen LogP contribution in [0.3, 0.4) is 0 Å². The van der Waals surface area contributed by atoms with E-state index in [0.717, 1.165) is 11.1 Å². The number of allylic oxidation sites excluding steroid dienone is 5. The molecule has 1 aliphatic carbocycles. The molecule has 1 atom stereocenters. The minimum atomic E-state index is -4.01. The first kappa shape index (κ1) is 16.5. The second-order valence-electron chi connectivity index (χ2n) is 5.14. The Morgan fingerprint density at radius 2 is 1.82 bits per heavy atom. The highest BCUT2D eigenvalue weighted by Gasteiger charge is 2.21. The molecule has 0 aromatic heterocycles. The molecule has 0 N–H and O–H groups in total. The zero-order valence-corrected chi connectivity index (χ0v) is 13.8. The van der Waals surface area contributed by atoms with Gasteiger partial charge in [-0.25, -0.2) is 4.18 Å². The van der Waals surface area contributed by atoms with Crippen LogP contribution < -0.4 is 0 Å². The quantitative estimate of drug-likeness (QED) is 0.826. The topological polar surface area (TPSA) is 52.6 Å². The van der Waals surface area contributed by atoms with Crippen LogP contribution in [0, 0.1) is 0 Å². The van der Waals surface area contributed by atoms with Gasteiger partial charge >= 0.3 is 10.4 Å². The van der Waals surface area contributed by atoms with Gasteiger partial charge in [0.2, 0.25) is 0 Å². The fourth-order valence-electron chi connectivity index (χ4n) is 2.34. The highest BCUT2D eigenvalue weighted by Crippen LogP contribution is 2.34. The maximum absolute atomic E-state index is 11.6. The van der Waals surface area contributed by atoms with Crippen molar-refractivity contribution < 1.29 is 16.8 Å². The van der Waals surface area contributed by atoms with E-state index in [2.05, 4.69) is 4.18 Å². The van der Waals surface area contributed by atoms with Gasteiger partial charge in [-0.1, -0.05) is 42.0 Å². The Hall–Kier alpha value is -1.85. The van der Waals surface area contributed by atoms with E-state index in [1.807, 2.05) is 50.3 Å². The van der Waals surface area contributed by atoms with Crippen LogP contribution in [-0.4, -0.2) is 15.0 Å². The summed E-state index contributed by atoms with van der Waals surface area (Å²) in [6.45, 7) is 5.71.